The van der Waals surface area contributed by atoms with Crippen molar-refractivity contribution in [1.29, 1.82) is 0 Å². The zero-order valence-corrected chi connectivity index (χ0v) is 10.6. The van der Waals surface area contributed by atoms with Gasteiger partial charge in [0.1, 0.15) is 4.90 Å². The van der Waals surface area contributed by atoms with Crippen molar-refractivity contribution in [2.24, 2.45) is 0 Å². The van der Waals surface area contributed by atoms with E-state index in [-0.39, 0.29) is 0 Å². The molecule has 1 aromatic rings. The van der Waals surface area contributed by atoms with Crippen LogP contribution >= 0.6 is 15.9 Å². The quantitative estimate of drug-likeness (QED) is 0.781. The minimum Gasteiger partial charge on any atom is -0.372 e. The number of halogens is 1. The molecule has 0 atom stereocenters. The Morgan fingerprint density at radius 1 is 1.47 bits per heavy atom. The molecule has 0 aromatic heterocycles. The van der Waals surface area contributed by atoms with Gasteiger partial charge in [0.15, 0.2) is 0 Å². The summed E-state index contributed by atoms with van der Waals surface area (Å²) < 4.78 is 27.0. The lowest BCUT2D eigenvalue weighted by Gasteiger charge is -2.17. The summed E-state index contributed by atoms with van der Waals surface area (Å²) in [6.07, 6.45) is 0. The second-order valence-corrected chi connectivity index (χ2v) is 6.08. The third kappa shape index (κ3) is 2.02. The Bertz CT molecular complexity index is 487. The highest BCUT2D eigenvalue weighted by molar-refractivity contribution is 9.10. The van der Waals surface area contributed by atoms with Crippen LogP contribution in [-0.4, -0.2) is 28.6 Å². The van der Waals surface area contributed by atoms with Crippen molar-refractivity contribution in [2.75, 3.05) is 25.0 Å². The fourth-order valence-corrected chi connectivity index (χ4v) is 3.37. The van der Waals surface area contributed by atoms with E-state index in [1.807, 2.05) is 24.1 Å². The molecular weight excluding hydrogens is 280 g/mol. The van der Waals surface area contributed by atoms with Crippen molar-refractivity contribution in [3.8, 4) is 0 Å². The molecule has 0 amide bonds. The third-order valence-electron chi connectivity index (χ3n) is 2.36. The van der Waals surface area contributed by atoms with Gasteiger partial charge in [-0.25, -0.2) is 13.1 Å². The molecule has 1 aliphatic rings. The molecule has 1 heterocycles. The molecular formula is C9H11BrN2O2S. The summed E-state index contributed by atoms with van der Waals surface area (Å²) in [5.41, 5.74) is 0.739. The van der Waals surface area contributed by atoms with Gasteiger partial charge in [-0.05, 0) is 18.2 Å². The molecule has 15 heavy (non-hydrogen) atoms. The summed E-state index contributed by atoms with van der Waals surface area (Å²) >= 11 is 3.28. The van der Waals surface area contributed by atoms with Crippen LogP contribution in [0.3, 0.4) is 0 Å². The van der Waals surface area contributed by atoms with E-state index in [4.69, 9.17) is 0 Å². The molecule has 0 radical (unpaired) electrons. The number of nitrogens with one attached hydrogen (secondary N) is 1. The number of fused-ring (bicyclic) bond motifs is 1. The highest BCUT2D eigenvalue weighted by Crippen LogP contribution is 2.28. The summed E-state index contributed by atoms with van der Waals surface area (Å²) in [6.45, 7) is 1.11. The number of sulfonamides is 1. The van der Waals surface area contributed by atoms with Gasteiger partial charge in [0, 0.05) is 24.6 Å². The van der Waals surface area contributed by atoms with Crippen molar-refractivity contribution >= 4 is 31.6 Å². The topological polar surface area (TPSA) is 49.4 Å². The van der Waals surface area contributed by atoms with Gasteiger partial charge < -0.3 is 4.90 Å². The first-order valence-electron chi connectivity index (χ1n) is 4.51. The lowest BCUT2D eigenvalue weighted by molar-refractivity contribution is 0.585. The molecule has 0 spiro atoms. The van der Waals surface area contributed by atoms with Crippen molar-refractivity contribution in [3.05, 3.63) is 22.7 Å². The average molecular weight is 291 g/mol. The molecule has 0 saturated carbocycles. The number of nitrogens with zero attached hydrogens (tertiary/aromatic N) is 1. The van der Waals surface area contributed by atoms with Gasteiger partial charge in [0.25, 0.3) is 0 Å². The number of likely N-dealkylation sites (N-methyl/N-ethyl adjacent to an activating group) is 1. The smallest absolute Gasteiger partial charge is 0.242 e. The maximum Gasteiger partial charge on any atom is 0.242 e. The summed E-state index contributed by atoms with van der Waals surface area (Å²) in [4.78, 5) is 2.26. The van der Waals surface area contributed by atoms with E-state index >= 15 is 0 Å². The predicted octanol–water partition coefficient (Wildman–Crippen LogP) is 1.18. The Balaban J connectivity index is 2.68. The molecule has 1 aromatic carbocycles. The Hall–Kier alpha value is -0.590. The van der Waals surface area contributed by atoms with Crippen LogP contribution in [0.25, 0.3) is 0 Å². The first kappa shape index (κ1) is 10.9. The molecule has 0 aliphatic carbocycles. The lowest BCUT2D eigenvalue weighted by atomic mass is 10.3. The zero-order chi connectivity index (χ0) is 11.1. The second-order valence-electron chi connectivity index (χ2n) is 3.43. The summed E-state index contributed by atoms with van der Waals surface area (Å²) in [7, 11) is -1.47. The molecule has 0 bridgehead atoms. The van der Waals surface area contributed by atoms with E-state index in [1.165, 1.54) is 0 Å². The van der Waals surface area contributed by atoms with Crippen LogP contribution in [0, 0.1) is 0 Å². The fourth-order valence-electron chi connectivity index (χ4n) is 1.56. The van der Waals surface area contributed by atoms with Gasteiger partial charge in [-0.3, -0.25) is 0 Å². The number of rotatable bonds is 0. The van der Waals surface area contributed by atoms with Crippen LogP contribution in [-0.2, 0) is 10.0 Å². The average Bonchev–Trinajstić information content (AvgIpc) is 2.26. The minimum atomic E-state index is -3.36. The molecule has 0 fully saturated rings. The summed E-state index contributed by atoms with van der Waals surface area (Å²) in [5, 5.41) is 0. The van der Waals surface area contributed by atoms with Gasteiger partial charge in [-0.15, -0.1) is 0 Å². The van der Waals surface area contributed by atoms with Gasteiger partial charge in [0.05, 0.1) is 5.69 Å². The largest absolute Gasteiger partial charge is 0.372 e. The van der Waals surface area contributed by atoms with Crippen LogP contribution in [0.5, 0.6) is 0 Å². The van der Waals surface area contributed by atoms with E-state index in [2.05, 4.69) is 20.7 Å². The monoisotopic (exact) mass is 290 g/mol. The Labute approximate surface area is 97.5 Å². The molecule has 2 rings (SSSR count). The summed E-state index contributed by atoms with van der Waals surface area (Å²) in [5.74, 6) is 0. The number of benzene rings is 1. The lowest BCUT2D eigenvalue weighted by Crippen LogP contribution is -2.27. The minimum absolute atomic E-state index is 0.330. The van der Waals surface area contributed by atoms with Gasteiger partial charge in [0.2, 0.25) is 10.0 Å². The van der Waals surface area contributed by atoms with E-state index in [1.54, 1.807) is 6.07 Å². The maximum absolute atomic E-state index is 11.8. The highest BCUT2D eigenvalue weighted by atomic mass is 79.9. The SMILES string of the molecule is CN1CCNS(=O)(=O)c2cc(Br)ccc21. The van der Waals surface area contributed by atoms with Crippen LogP contribution in [0.1, 0.15) is 0 Å². The van der Waals surface area contributed by atoms with Crippen LogP contribution in [0.4, 0.5) is 5.69 Å². The molecule has 1 N–H and O–H groups in total. The highest BCUT2D eigenvalue weighted by Gasteiger charge is 2.23. The van der Waals surface area contributed by atoms with Crippen LogP contribution in [0.2, 0.25) is 0 Å². The molecule has 0 saturated heterocycles. The Morgan fingerprint density at radius 2 is 2.20 bits per heavy atom. The van der Waals surface area contributed by atoms with Crippen LogP contribution < -0.4 is 9.62 Å². The maximum atomic E-state index is 11.8. The van der Waals surface area contributed by atoms with Crippen molar-refractivity contribution in [3.63, 3.8) is 0 Å². The van der Waals surface area contributed by atoms with Crippen molar-refractivity contribution in [1.82, 2.24) is 4.72 Å². The Kier molecular flexibility index (Phi) is 2.74. The van der Waals surface area contributed by atoms with E-state index in [0.717, 1.165) is 10.2 Å². The normalized spacial score (nSPS) is 19.5. The van der Waals surface area contributed by atoms with E-state index in [9.17, 15) is 8.42 Å². The van der Waals surface area contributed by atoms with Crippen molar-refractivity contribution < 1.29 is 8.42 Å². The number of anilines is 1. The number of hydrogen-bond acceptors (Lipinski definition) is 3. The van der Waals surface area contributed by atoms with E-state index in [0.29, 0.717) is 18.0 Å². The molecule has 1 aliphatic heterocycles. The van der Waals surface area contributed by atoms with Crippen molar-refractivity contribution in [2.45, 2.75) is 4.90 Å². The third-order valence-corrected chi connectivity index (χ3v) is 4.35. The standard InChI is InChI=1S/C9H11BrN2O2S/c1-12-5-4-11-15(13,14)9-6-7(10)2-3-8(9)12/h2-3,6,11H,4-5H2,1H3. The fraction of sp³-hybridized carbons (Fsp3) is 0.333. The predicted molar refractivity (Wildman–Crippen MR) is 62.6 cm³/mol. The molecule has 82 valence electrons. The van der Waals surface area contributed by atoms with E-state index < -0.39 is 10.0 Å². The van der Waals surface area contributed by atoms with Gasteiger partial charge in [-0.1, -0.05) is 15.9 Å². The van der Waals surface area contributed by atoms with Gasteiger partial charge >= 0.3 is 0 Å². The van der Waals surface area contributed by atoms with Gasteiger partial charge in [-0.2, -0.15) is 0 Å². The molecule has 6 heteroatoms. The zero-order valence-electron chi connectivity index (χ0n) is 8.20. The molecule has 0 unspecified atom stereocenters. The molecule has 4 nitrogen and oxygen atoms in total. The Morgan fingerprint density at radius 3 is 2.93 bits per heavy atom. The number of hydrogen-bond donors (Lipinski definition) is 1. The summed E-state index contributed by atoms with van der Waals surface area (Å²) in [6, 6.07) is 5.28. The first-order chi connectivity index (χ1) is 7.00. The first-order valence-corrected chi connectivity index (χ1v) is 6.79. The van der Waals surface area contributed by atoms with Crippen LogP contribution in [0.15, 0.2) is 27.6 Å². The second kappa shape index (κ2) is 3.77.